The molecule has 92 valence electrons. The molecule has 0 aliphatic rings. The molecule has 0 aromatic heterocycles. The molecule has 0 rings (SSSR count). The van der Waals surface area contributed by atoms with Gasteiger partial charge >= 0.3 is 11.9 Å². The Morgan fingerprint density at radius 3 is 2.50 bits per heavy atom. The molecule has 0 radical (unpaired) electrons. The van der Waals surface area contributed by atoms with Gasteiger partial charge in [0.05, 0.1) is 7.11 Å². The normalized spacial score (nSPS) is 13.0. The number of carbonyl (C=O) groups excluding carboxylic acids is 1. The summed E-state index contributed by atoms with van der Waals surface area (Å²) in [5, 5.41) is 11.7. The molecule has 0 spiro atoms. The number of hydrogen-bond donors (Lipinski definition) is 2. The first-order chi connectivity index (χ1) is 7.47. The number of esters is 1. The van der Waals surface area contributed by atoms with Gasteiger partial charge in [-0.2, -0.15) is 0 Å². The number of rotatable bonds is 7. The highest BCUT2D eigenvalue weighted by Crippen LogP contribution is 2.04. The quantitative estimate of drug-likeness (QED) is 0.499. The lowest BCUT2D eigenvalue weighted by Crippen LogP contribution is -2.37. The Morgan fingerprint density at radius 1 is 1.44 bits per heavy atom. The maximum Gasteiger partial charge on any atom is 0.330 e. The molecule has 16 heavy (non-hydrogen) atoms. The van der Waals surface area contributed by atoms with Gasteiger partial charge in [0, 0.05) is 12.6 Å². The van der Waals surface area contributed by atoms with Crippen molar-refractivity contribution < 1.29 is 19.4 Å². The number of hydrogen-bond acceptors (Lipinski definition) is 4. The number of ether oxygens (including phenoxy) is 1. The second kappa shape index (κ2) is 7.87. The van der Waals surface area contributed by atoms with Crippen LogP contribution in [0.3, 0.4) is 0 Å². The van der Waals surface area contributed by atoms with Crippen molar-refractivity contribution in [1.29, 1.82) is 0 Å². The summed E-state index contributed by atoms with van der Waals surface area (Å²) in [5.74, 6) is -1.02. The average molecular weight is 229 g/mol. The molecule has 0 heterocycles. The Morgan fingerprint density at radius 2 is 2.06 bits per heavy atom. The fourth-order valence-corrected chi connectivity index (χ4v) is 1.18. The minimum atomic E-state index is -0.875. The van der Waals surface area contributed by atoms with Gasteiger partial charge in [-0.25, -0.2) is 4.79 Å². The summed E-state index contributed by atoms with van der Waals surface area (Å²) in [5.41, 5.74) is 0. The van der Waals surface area contributed by atoms with Crippen molar-refractivity contribution >= 4 is 11.9 Å². The summed E-state index contributed by atoms with van der Waals surface area (Å²) in [6.07, 6.45) is 3.37. The van der Waals surface area contributed by atoms with Gasteiger partial charge in [0.25, 0.3) is 0 Å². The van der Waals surface area contributed by atoms with E-state index in [4.69, 9.17) is 5.11 Å². The van der Waals surface area contributed by atoms with E-state index < -0.39 is 18.0 Å². The van der Waals surface area contributed by atoms with Crippen molar-refractivity contribution in [3.63, 3.8) is 0 Å². The van der Waals surface area contributed by atoms with Gasteiger partial charge in [-0.05, 0) is 12.3 Å². The van der Waals surface area contributed by atoms with Crippen molar-refractivity contribution in [3.05, 3.63) is 12.2 Å². The Balaban J connectivity index is 3.98. The molecule has 2 N–H and O–H groups in total. The Bertz CT molecular complexity index is 261. The number of carbonyl (C=O) groups is 2. The summed E-state index contributed by atoms with van der Waals surface area (Å²) in [7, 11) is 1.29. The van der Waals surface area contributed by atoms with Crippen molar-refractivity contribution in [2.75, 3.05) is 13.7 Å². The van der Waals surface area contributed by atoms with E-state index in [9.17, 15) is 9.59 Å². The van der Waals surface area contributed by atoms with Crippen LogP contribution in [-0.4, -0.2) is 36.7 Å². The summed E-state index contributed by atoms with van der Waals surface area (Å²) in [6, 6.07) is -0.581. The van der Waals surface area contributed by atoms with Gasteiger partial charge < -0.3 is 15.2 Å². The largest absolute Gasteiger partial charge is 0.480 e. The fraction of sp³-hybridized carbons (Fsp3) is 0.636. The van der Waals surface area contributed by atoms with Crippen LogP contribution in [0.15, 0.2) is 12.2 Å². The molecular formula is C11H19NO4. The second-order valence-corrected chi connectivity index (χ2v) is 3.85. The molecule has 0 aliphatic carbocycles. The molecule has 5 nitrogen and oxygen atoms in total. The Labute approximate surface area is 95.5 Å². The molecule has 0 amide bonds. The topological polar surface area (TPSA) is 75.6 Å². The van der Waals surface area contributed by atoms with Crippen LogP contribution in [0.25, 0.3) is 0 Å². The Kier molecular flexibility index (Phi) is 7.20. The highest BCUT2D eigenvalue weighted by atomic mass is 16.5. The average Bonchev–Trinajstić information content (AvgIpc) is 2.21. The van der Waals surface area contributed by atoms with E-state index in [2.05, 4.69) is 10.1 Å². The minimum Gasteiger partial charge on any atom is -0.480 e. The zero-order valence-corrected chi connectivity index (χ0v) is 9.90. The molecule has 0 aliphatic heterocycles. The molecule has 0 saturated heterocycles. The first-order valence-electron chi connectivity index (χ1n) is 5.18. The first-order valence-corrected chi connectivity index (χ1v) is 5.18. The summed E-state index contributed by atoms with van der Waals surface area (Å²) < 4.78 is 4.40. The second-order valence-electron chi connectivity index (χ2n) is 3.85. The van der Waals surface area contributed by atoms with E-state index in [1.54, 1.807) is 6.08 Å². The Hall–Kier alpha value is -1.36. The summed E-state index contributed by atoms with van der Waals surface area (Å²) >= 11 is 0. The zero-order valence-electron chi connectivity index (χ0n) is 9.90. The van der Waals surface area contributed by atoms with E-state index in [-0.39, 0.29) is 0 Å². The number of carboxylic acid groups (broad SMARTS) is 1. The van der Waals surface area contributed by atoms with Crippen LogP contribution in [0.1, 0.15) is 20.3 Å². The van der Waals surface area contributed by atoms with Gasteiger partial charge in [-0.15, -0.1) is 0 Å². The molecule has 5 heteroatoms. The lowest BCUT2D eigenvalue weighted by atomic mass is 10.0. The van der Waals surface area contributed by atoms with E-state index >= 15 is 0 Å². The first kappa shape index (κ1) is 14.6. The van der Waals surface area contributed by atoms with Gasteiger partial charge in [-0.1, -0.05) is 19.9 Å². The van der Waals surface area contributed by atoms with Crippen molar-refractivity contribution in [3.8, 4) is 0 Å². The van der Waals surface area contributed by atoms with Gasteiger partial charge in [-0.3, -0.25) is 4.79 Å². The molecule has 0 unspecified atom stereocenters. The highest BCUT2D eigenvalue weighted by Gasteiger charge is 2.16. The van der Waals surface area contributed by atoms with E-state index in [0.717, 1.165) is 0 Å². The lowest BCUT2D eigenvalue weighted by molar-refractivity contribution is -0.139. The van der Waals surface area contributed by atoms with E-state index in [0.29, 0.717) is 18.9 Å². The van der Waals surface area contributed by atoms with Crippen LogP contribution in [-0.2, 0) is 14.3 Å². The van der Waals surface area contributed by atoms with Gasteiger partial charge in [0.1, 0.15) is 6.04 Å². The maximum absolute atomic E-state index is 10.8. The number of carboxylic acids is 1. The van der Waals surface area contributed by atoms with Gasteiger partial charge in [0.2, 0.25) is 0 Å². The molecule has 0 fully saturated rings. The van der Waals surface area contributed by atoms with Crippen LogP contribution in [0, 0.1) is 5.92 Å². The molecule has 1 atom stereocenters. The van der Waals surface area contributed by atoms with Crippen LogP contribution >= 0.6 is 0 Å². The molecule has 0 aromatic carbocycles. The monoisotopic (exact) mass is 229 g/mol. The van der Waals surface area contributed by atoms with Gasteiger partial charge in [0.15, 0.2) is 0 Å². The summed E-state index contributed by atoms with van der Waals surface area (Å²) in [6.45, 7) is 4.25. The molecular weight excluding hydrogens is 210 g/mol. The van der Waals surface area contributed by atoms with Crippen molar-refractivity contribution in [2.45, 2.75) is 26.3 Å². The standard InChI is InChI=1S/C11H19NO4/c1-8(2)7-9(11(14)15)12-6-4-5-10(13)16-3/h4-5,8-9,12H,6-7H2,1-3H3,(H,14,15)/b5-4+/t9-/m0/s1. The van der Waals surface area contributed by atoms with Crippen molar-refractivity contribution in [2.24, 2.45) is 5.92 Å². The predicted molar refractivity (Wildman–Crippen MR) is 60.0 cm³/mol. The molecule has 0 saturated carbocycles. The number of aliphatic carboxylic acids is 1. The zero-order chi connectivity index (χ0) is 12.6. The van der Waals surface area contributed by atoms with E-state index in [1.165, 1.54) is 13.2 Å². The van der Waals surface area contributed by atoms with Crippen LogP contribution < -0.4 is 5.32 Å². The predicted octanol–water partition coefficient (Wildman–Crippen LogP) is 0.804. The number of methoxy groups -OCH3 is 1. The third-order valence-electron chi connectivity index (χ3n) is 1.94. The number of nitrogens with one attached hydrogen (secondary N) is 1. The van der Waals surface area contributed by atoms with E-state index in [1.807, 2.05) is 13.8 Å². The van der Waals surface area contributed by atoms with Crippen molar-refractivity contribution in [1.82, 2.24) is 5.32 Å². The van der Waals surface area contributed by atoms with Crippen LogP contribution in [0.4, 0.5) is 0 Å². The van der Waals surface area contributed by atoms with Crippen LogP contribution in [0.2, 0.25) is 0 Å². The smallest absolute Gasteiger partial charge is 0.330 e. The molecule has 0 bridgehead atoms. The minimum absolute atomic E-state index is 0.304. The third-order valence-corrected chi connectivity index (χ3v) is 1.94. The fourth-order valence-electron chi connectivity index (χ4n) is 1.18. The molecule has 0 aromatic rings. The summed E-state index contributed by atoms with van der Waals surface area (Å²) in [4.78, 5) is 21.6. The third kappa shape index (κ3) is 7.00. The SMILES string of the molecule is COC(=O)/C=C/CN[C@@H](CC(C)C)C(=O)O. The lowest BCUT2D eigenvalue weighted by Gasteiger charge is -2.14. The highest BCUT2D eigenvalue weighted by molar-refractivity contribution is 5.81. The maximum atomic E-state index is 10.8. The van der Waals surface area contributed by atoms with Crippen LogP contribution in [0.5, 0.6) is 0 Å².